The second-order valence-corrected chi connectivity index (χ2v) is 6.89. The molecule has 1 saturated heterocycles. The summed E-state index contributed by atoms with van der Waals surface area (Å²) in [5.74, 6) is 0. The van der Waals surface area contributed by atoms with Gasteiger partial charge in [-0.2, -0.15) is 0 Å². The van der Waals surface area contributed by atoms with Crippen LogP contribution in [0.4, 0.5) is 10.5 Å². The number of urea groups is 1. The number of piperidine rings is 1. The molecule has 0 aliphatic carbocycles. The summed E-state index contributed by atoms with van der Waals surface area (Å²) in [7, 11) is 0. The second-order valence-electron chi connectivity index (χ2n) is 6.89. The fraction of sp³-hybridized carbons (Fsp3) is 0.450. The Hall–Kier alpha value is -2.47. The fourth-order valence-electron chi connectivity index (χ4n) is 3.32. The van der Waals surface area contributed by atoms with Crippen LogP contribution in [0.2, 0.25) is 0 Å². The minimum atomic E-state index is -0.188. The maximum Gasteiger partial charge on any atom is 0.319 e. The lowest BCUT2D eigenvalue weighted by atomic mass is 10.1. The Morgan fingerprint density at radius 3 is 2.77 bits per heavy atom. The molecule has 0 bridgehead atoms. The standard InChI is InChI=1S/C20H27N5O/c1-16(13-18-14-21-9-10-22-18)23-20(26)24-19-8-4-3-7-17(19)15-25-11-5-2-6-12-25/h3-4,7-10,14,16H,2,5-6,11-13,15H2,1H3,(H2,23,24,26)/t16-/m1/s1. The molecule has 1 aromatic carbocycles. The third-order valence-corrected chi connectivity index (χ3v) is 4.62. The highest BCUT2D eigenvalue weighted by molar-refractivity contribution is 5.90. The van der Waals surface area contributed by atoms with Crippen molar-refractivity contribution in [3.05, 3.63) is 54.1 Å². The maximum atomic E-state index is 12.4. The monoisotopic (exact) mass is 353 g/mol. The van der Waals surface area contributed by atoms with E-state index < -0.39 is 0 Å². The SMILES string of the molecule is C[C@H](Cc1cnccn1)NC(=O)Nc1ccccc1CN1CCCCC1. The number of benzene rings is 1. The normalized spacial score (nSPS) is 16.0. The van der Waals surface area contributed by atoms with Gasteiger partial charge >= 0.3 is 6.03 Å². The van der Waals surface area contributed by atoms with E-state index in [0.29, 0.717) is 6.42 Å². The Labute approximate surface area is 155 Å². The predicted octanol–water partition coefficient (Wildman–Crippen LogP) is 3.22. The molecule has 0 radical (unpaired) electrons. The minimum absolute atomic E-state index is 0.0269. The summed E-state index contributed by atoms with van der Waals surface area (Å²) in [6.45, 7) is 5.12. The van der Waals surface area contributed by atoms with E-state index in [1.165, 1.54) is 19.3 Å². The summed E-state index contributed by atoms with van der Waals surface area (Å²) >= 11 is 0. The molecule has 2 amide bonds. The van der Waals surface area contributed by atoms with Crippen molar-refractivity contribution < 1.29 is 4.79 Å². The zero-order valence-corrected chi connectivity index (χ0v) is 15.3. The molecule has 2 heterocycles. The van der Waals surface area contributed by atoms with Gasteiger partial charge in [-0.05, 0) is 44.5 Å². The van der Waals surface area contributed by atoms with Crippen LogP contribution in [0.25, 0.3) is 0 Å². The number of carbonyl (C=O) groups excluding carboxylic acids is 1. The zero-order valence-electron chi connectivity index (χ0n) is 15.3. The summed E-state index contributed by atoms with van der Waals surface area (Å²) in [6.07, 6.45) is 9.53. The Bertz CT molecular complexity index is 700. The van der Waals surface area contributed by atoms with Crippen molar-refractivity contribution >= 4 is 11.7 Å². The molecule has 0 unspecified atom stereocenters. The van der Waals surface area contributed by atoms with Gasteiger partial charge < -0.3 is 10.6 Å². The maximum absolute atomic E-state index is 12.4. The number of nitrogens with zero attached hydrogens (tertiary/aromatic N) is 3. The number of likely N-dealkylation sites (tertiary alicyclic amines) is 1. The van der Waals surface area contributed by atoms with E-state index >= 15 is 0 Å². The van der Waals surface area contributed by atoms with Gasteiger partial charge in [-0.3, -0.25) is 14.9 Å². The van der Waals surface area contributed by atoms with Crippen molar-refractivity contribution in [2.24, 2.45) is 0 Å². The van der Waals surface area contributed by atoms with Crippen LogP contribution in [-0.2, 0) is 13.0 Å². The molecule has 1 aromatic heterocycles. The number of para-hydroxylation sites is 1. The van der Waals surface area contributed by atoms with Gasteiger partial charge in [-0.25, -0.2) is 4.79 Å². The van der Waals surface area contributed by atoms with Gasteiger partial charge in [0.15, 0.2) is 0 Å². The Balaban J connectivity index is 1.55. The average molecular weight is 353 g/mol. The van der Waals surface area contributed by atoms with Crippen LogP contribution in [0, 0.1) is 0 Å². The molecule has 26 heavy (non-hydrogen) atoms. The number of hydrogen-bond acceptors (Lipinski definition) is 4. The lowest BCUT2D eigenvalue weighted by molar-refractivity contribution is 0.221. The highest BCUT2D eigenvalue weighted by Crippen LogP contribution is 2.19. The first kappa shape index (κ1) is 18.3. The number of aromatic nitrogens is 2. The van der Waals surface area contributed by atoms with E-state index in [1.807, 2.05) is 25.1 Å². The Morgan fingerprint density at radius 2 is 2.00 bits per heavy atom. The molecular formula is C20H27N5O. The summed E-state index contributed by atoms with van der Waals surface area (Å²) < 4.78 is 0. The molecular weight excluding hydrogens is 326 g/mol. The van der Waals surface area contributed by atoms with E-state index in [1.54, 1.807) is 18.6 Å². The number of rotatable bonds is 6. The predicted molar refractivity (Wildman–Crippen MR) is 103 cm³/mol. The van der Waals surface area contributed by atoms with E-state index in [-0.39, 0.29) is 12.1 Å². The van der Waals surface area contributed by atoms with Crippen LogP contribution in [0.5, 0.6) is 0 Å². The topological polar surface area (TPSA) is 70.1 Å². The largest absolute Gasteiger partial charge is 0.335 e. The van der Waals surface area contributed by atoms with Crippen LogP contribution >= 0.6 is 0 Å². The van der Waals surface area contributed by atoms with Crippen molar-refractivity contribution in [1.29, 1.82) is 0 Å². The fourth-order valence-corrected chi connectivity index (χ4v) is 3.32. The summed E-state index contributed by atoms with van der Waals surface area (Å²) in [6, 6.07) is 7.82. The Kier molecular flexibility index (Phi) is 6.55. The van der Waals surface area contributed by atoms with Gasteiger partial charge in [0, 0.05) is 43.3 Å². The molecule has 2 aromatic rings. The van der Waals surface area contributed by atoms with Gasteiger partial charge in [-0.15, -0.1) is 0 Å². The smallest absolute Gasteiger partial charge is 0.319 e. The molecule has 0 spiro atoms. The van der Waals surface area contributed by atoms with E-state index in [0.717, 1.165) is 36.6 Å². The van der Waals surface area contributed by atoms with Gasteiger partial charge in [0.2, 0.25) is 0 Å². The quantitative estimate of drug-likeness (QED) is 0.837. The summed E-state index contributed by atoms with van der Waals surface area (Å²) in [5.41, 5.74) is 2.90. The van der Waals surface area contributed by atoms with E-state index in [4.69, 9.17) is 0 Å². The molecule has 1 atom stereocenters. The van der Waals surface area contributed by atoms with Crippen LogP contribution < -0.4 is 10.6 Å². The van der Waals surface area contributed by atoms with Gasteiger partial charge in [0.25, 0.3) is 0 Å². The molecule has 2 N–H and O–H groups in total. The lowest BCUT2D eigenvalue weighted by Crippen LogP contribution is -2.38. The molecule has 138 valence electrons. The molecule has 6 heteroatoms. The molecule has 1 aliphatic rings. The lowest BCUT2D eigenvalue weighted by Gasteiger charge is -2.27. The first-order chi connectivity index (χ1) is 12.7. The van der Waals surface area contributed by atoms with Crippen molar-refractivity contribution in [3.63, 3.8) is 0 Å². The molecule has 1 fully saturated rings. The zero-order chi connectivity index (χ0) is 18.2. The van der Waals surface area contributed by atoms with Gasteiger partial charge in [-0.1, -0.05) is 24.6 Å². The molecule has 1 aliphatic heterocycles. The Morgan fingerprint density at radius 1 is 1.19 bits per heavy atom. The van der Waals surface area contributed by atoms with Crippen molar-refractivity contribution in [1.82, 2.24) is 20.2 Å². The van der Waals surface area contributed by atoms with Crippen molar-refractivity contribution in [3.8, 4) is 0 Å². The van der Waals surface area contributed by atoms with Gasteiger partial charge in [0.05, 0.1) is 5.69 Å². The first-order valence-corrected chi connectivity index (χ1v) is 9.33. The summed E-state index contributed by atoms with van der Waals surface area (Å²) in [5, 5.41) is 5.98. The van der Waals surface area contributed by atoms with E-state index in [2.05, 4.69) is 31.6 Å². The van der Waals surface area contributed by atoms with Gasteiger partial charge in [0.1, 0.15) is 0 Å². The number of anilines is 1. The highest BCUT2D eigenvalue weighted by atomic mass is 16.2. The van der Waals surface area contributed by atoms with Crippen molar-refractivity contribution in [2.45, 2.75) is 45.2 Å². The minimum Gasteiger partial charge on any atom is -0.335 e. The first-order valence-electron chi connectivity index (χ1n) is 9.33. The van der Waals surface area contributed by atoms with Crippen LogP contribution in [0.1, 0.15) is 37.4 Å². The number of carbonyl (C=O) groups is 1. The third kappa shape index (κ3) is 5.52. The second kappa shape index (κ2) is 9.29. The average Bonchev–Trinajstić information content (AvgIpc) is 2.65. The number of hydrogen-bond donors (Lipinski definition) is 2. The highest BCUT2D eigenvalue weighted by Gasteiger charge is 2.14. The summed E-state index contributed by atoms with van der Waals surface area (Å²) in [4.78, 5) is 23.1. The molecule has 6 nitrogen and oxygen atoms in total. The van der Waals surface area contributed by atoms with Crippen molar-refractivity contribution in [2.75, 3.05) is 18.4 Å². The number of nitrogens with one attached hydrogen (secondary N) is 2. The molecule has 3 rings (SSSR count). The van der Waals surface area contributed by atoms with E-state index in [9.17, 15) is 4.79 Å². The molecule has 0 saturated carbocycles. The van der Waals surface area contributed by atoms with Crippen LogP contribution in [-0.4, -0.2) is 40.0 Å². The third-order valence-electron chi connectivity index (χ3n) is 4.62. The van der Waals surface area contributed by atoms with Crippen LogP contribution in [0.15, 0.2) is 42.9 Å². The number of amides is 2. The van der Waals surface area contributed by atoms with Crippen LogP contribution in [0.3, 0.4) is 0 Å².